The summed E-state index contributed by atoms with van der Waals surface area (Å²) >= 11 is 0. The van der Waals surface area contributed by atoms with E-state index in [9.17, 15) is 4.79 Å². The van der Waals surface area contributed by atoms with Gasteiger partial charge >= 0.3 is 0 Å². The molecular weight excluding hydrogens is 260 g/mol. The average Bonchev–Trinajstić information content (AvgIpc) is 2.77. The van der Waals surface area contributed by atoms with Gasteiger partial charge < -0.3 is 10.2 Å². The van der Waals surface area contributed by atoms with Gasteiger partial charge in [0.05, 0.1) is 6.04 Å². The van der Waals surface area contributed by atoms with Crippen LogP contribution in [0, 0.1) is 5.92 Å². The van der Waals surface area contributed by atoms with Gasteiger partial charge in [0.1, 0.15) is 0 Å². The maximum Gasteiger partial charge on any atom is 0.223 e. The van der Waals surface area contributed by atoms with Gasteiger partial charge in [-0.05, 0) is 32.5 Å². The smallest absolute Gasteiger partial charge is 0.223 e. The number of nitrogens with one attached hydrogen (secondary N) is 1. The van der Waals surface area contributed by atoms with E-state index in [0.717, 1.165) is 12.8 Å². The molecule has 0 bridgehead atoms. The van der Waals surface area contributed by atoms with Gasteiger partial charge in [0.25, 0.3) is 0 Å². The Morgan fingerprint density at radius 2 is 1.76 bits per heavy atom. The minimum Gasteiger partial charge on any atom is -0.354 e. The average molecular weight is 288 g/mol. The zero-order valence-electron chi connectivity index (χ0n) is 13.3. The van der Waals surface area contributed by atoms with Crippen LogP contribution in [-0.4, -0.2) is 31.4 Å². The van der Waals surface area contributed by atoms with Crippen molar-refractivity contribution in [3.63, 3.8) is 0 Å². The number of hydrogen-bond donors (Lipinski definition) is 1. The molecule has 2 rings (SSSR count). The normalized spacial score (nSPS) is 18.2. The summed E-state index contributed by atoms with van der Waals surface area (Å²) in [5.74, 6) is 0.478. The van der Waals surface area contributed by atoms with Crippen molar-refractivity contribution in [2.45, 2.75) is 44.6 Å². The second kappa shape index (κ2) is 8.18. The fourth-order valence-electron chi connectivity index (χ4n) is 3.16. The van der Waals surface area contributed by atoms with E-state index in [-0.39, 0.29) is 17.9 Å². The molecule has 1 N–H and O–H groups in total. The van der Waals surface area contributed by atoms with Gasteiger partial charge in [-0.1, -0.05) is 56.0 Å². The molecule has 3 heteroatoms. The summed E-state index contributed by atoms with van der Waals surface area (Å²) in [4.78, 5) is 14.5. The SMILES string of the molecule is CN(C)C(CNC(=O)C1CCCCCC1)c1ccccc1. The third-order valence-corrected chi connectivity index (χ3v) is 4.50. The number of carbonyl (C=O) groups is 1. The lowest BCUT2D eigenvalue weighted by molar-refractivity contribution is -0.125. The summed E-state index contributed by atoms with van der Waals surface area (Å²) < 4.78 is 0. The lowest BCUT2D eigenvalue weighted by Crippen LogP contribution is -2.37. The van der Waals surface area contributed by atoms with E-state index in [4.69, 9.17) is 0 Å². The Labute approximate surface area is 128 Å². The van der Waals surface area contributed by atoms with Crippen LogP contribution in [0.1, 0.15) is 50.1 Å². The molecule has 0 spiro atoms. The molecule has 1 unspecified atom stereocenters. The summed E-state index contributed by atoms with van der Waals surface area (Å²) in [5, 5.41) is 3.18. The zero-order chi connectivity index (χ0) is 15.1. The highest BCUT2D eigenvalue weighted by molar-refractivity contribution is 5.78. The third-order valence-electron chi connectivity index (χ3n) is 4.50. The number of hydrogen-bond acceptors (Lipinski definition) is 2. The molecule has 0 radical (unpaired) electrons. The lowest BCUT2D eigenvalue weighted by atomic mass is 9.99. The second-order valence-electron chi connectivity index (χ2n) is 6.32. The molecule has 0 aromatic heterocycles. The highest BCUT2D eigenvalue weighted by Gasteiger charge is 2.21. The Hall–Kier alpha value is -1.35. The molecule has 0 saturated heterocycles. The van der Waals surface area contributed by atoms with Gasteiger partial charge in [0.15, 0.2) is 0 Å². The zero-order valence-corrected chi connectivity index (χ0v) is 13.3. The largest absolute Gasteiger partial charge is 0.354 e. The summed E-state index contributed by atoms with van der Waals surface area (Å²) in [5.41, 5.74) is 1.25. The van der Waals surface area contributed by atoms with E-state index in [1.54, 1.807) is 0 Å². The molecule has 1 aromatic rings. The molecular formula is C18H28N2O. The van der Waals surface area contributed by atoms with Crippen molar-refractivity contribution in [2.24, 2.45) is 5.92 Å². The molecule has 1 fully saturated rings. The van der Waals surface area contributed by atoms with Crippen LogP contribution in [-0.2, 0) is 4.79 Å². The predicted octanol–water partition coefficient (Wildman–Crippen LogP) is 3.38. The summed E-state index contributed by atoms with van der Waals surface area (Å²) in [7, 11) is 4.13. The van der Waals surface area contributed by atoms with E-state index in [0.29, 0.717) is 6.54 Å². The van der Waals surface area contributed by atoms with Crippen molar-refractivity contribution in [1.82, 2.24) is 10.2 Å². The van der Waals surface area contributed by atoms with Crippen LogP contribution in [0.15, 0.2) is 30.3 Å². The fraction of sp³-hybridized carbons (Fsp3) is 0.611. The number of benzene rings is 1. The van der Waals surface area contributed by atoms with Crippen LogP contribution >= 0.6 is 0 Å². The van der Waals surface area contributed by atoms with Gasteiger partial charge in [0, 0.05) is 12.5 Å². The minimum absolute atomic E-state index is 0.228. The van der Waals surface area contributed by atoms with Crippen LogP contribution in [0.5, 0.6) is 0 Å². The first-order valence-corrected chi connectivity index (χ1v) is 8.17. The number of likely N-dealkylation sites (N-methyl/N-ethyl adjacent to an activating group) is 1. The molecule has 1 amide bonds. The standard InChI is InChI=1S/C18H28N2O/c1-20(2)17(15-10-8-5-9-11-15)14-19-18(21)16-12-6-3-4-7-13-16/h5,8-11,16-17H,3-4,6-7,12-14H2,1-2H3,(H,19,21). The number of nitrogens with zero attached hydrogens (tertiary/aromatic N) is 1. The first-order chi connectivity index (χ1) is 10.2. The van der Waals surface area contributed by atoms with Crippen molar-refractivity contribution in [3.8, 4) is 0 Å². The molecule has 1 atom stereocenters. The Kier molecular flexibility index (Phi) is 6.24. The fourth-order valence-corrected chi connectivity index (χ4v) is 3.16. The summed E-state index contributed by atoms with van der Waals surface area (Å²) in [6, 6.07) is 10.6. The quantitative estimate of drug-likeness (QED) is 0.843. The Bertz CT molecular complexity index is 422. The topological polar surface area (TPSA) is 32.3 Å². The molecule has 21 heavy (non-hydrogen) atoms. The van der Waals surface area contributed by atoms with Gasteiger partial charge in [-0.25, -0.2) is 0 Å². The van der Waals surface area contributed by atoms with E-state index in [2.05, 4.69) is 48.6 Å². The molecule has 116 valence electrons. The maximum atomic E-state index is 12.4. The van der Waals surface area contributed by atoms with Crippen LogP contribution in [0.4, 0.5) is 0 Å². The molecule has 1 aliphatic rings. The highest BCUT2D eigenvalue weighted by atomic mass is 16.1. The first kappa shape index (κ1) is 16.0. The van der Waals surface area contributed by atoms with Crippen molar-refractivity contribution < 1.29 is 4.79 Å². The van der Waals surface area contributed by atoms with Crippen LogP contribution < -0.4 is 5.32 Å². The van der Waals surface area contributed by atoms with Crippen LogP contribution in [0.2, 0.25) is 0 Å². The van der Waals surface area contributed by atoms with E-state index < -0.39 is 0 Å². The van der Waals surface area contributed by atoms with Gasteiger partial charge in [0.2, 0.25) is 5.91 Å². The van der Waals surface area contributed by atoms with Crippen molar-refractivity contribution in [2.75, 3.05) is 20.6 Å². The third kappa shape index (κ3) is 4.85. The molecule has 3 nitrogen and oxygen atoms in total. The summed E-state index contributed by atoms with van der Waals surface area (Å²) in [6.45, 7) is 0.687. The molecule has 1 aliphatic carbocycles. The monoisotopic (exact) mass is 288 g/mol. The van der Waals surface area contributed by atoms with Crippen LogP contribution in [0.3, 0.4) is 0 Å². The predicted molar refractivity (Wildman–Crippen MR) is 87.1 cm³/mol. The Morgan fingerprint density at radius 3 is 2.33 bits per heavy atom. The van der Waals surface area contributed by atoms with Crippen LogP contribution in [0.25, 0.3) is 0 Å². The lowest BCUT2D eigenvalue weighted by Gasteiger charge is -2.26. The molecule has 1 aromatic carbocycles. The minimum atomic E-state index is 0.228. The van der Waals surface area contributed by atoms with Gasteiger partial charge in [-0.15, -0.1) is 0 Å². The molecule has 0 heterocycles. The second-order valence-corrected chi connectivity index (χ2v) is 6.32. The van der Waals surface area contributed by atoms with Crippen molar-refractivity contribution >= 4 is 5.91 Å². The Balaban J connectivity index is 1.91. The first-order valence-electron chi connectivity index (χ1n) is 8.17. The number of carbonyl (C=O) groups excluding carboxylic acids is 1. The van der Waals surface area contributed by atoms with E-state index in [1.807, 2.05) is 6.07 Å². The van der Waals surface area contributed by atoms with Gasteiger partial charge in [-0.3, -0.25) is 4.79 Å². The van der Waals surface area contributed by atoms with E-state index >= 15 is 0 Å². The highest BCUT2D eigenvalue weighted by Crippen LogP contribution is 2.23. The van der Waals surface area contributed by atoms with Crippen molar-refractivity contribution in [1.29, 1.82) is 0 Å². The Morgan fingerprint density at radius 1 is 1.14 bits per heavy atom. The summed E-state index contributed by atoms with van der Waals surface area (Å²) in [6.07, 6.45) is 7.09. The van der Waals surface area contributed by atoms with Gasteiger partial charge in [-0.2, -0.15) is 0 Å². The number of rotatable bonds is 5. The molecule has 0 aliphatic heterocycles. The number of amides is 1. The van der Waals surface area contributed by atoms with Crippen molar-refractivity contribution in [3.05, 3.63) is 35.9 Å². The van der Waals surface area contributed by atoms with E-state index in [1.165, 1.54) is 31.2 Å². The molecule has 1 saturated carbocycles. The maximum absolute atomic E-state index is 12.4.